The monoisotopic (exact) mass is 331 g/mol. The number of amides is 1. The molecule has 0 saturated heterocycles. The predicted molar refractivity (Wildman–Crippen MR) is 76.8 cm³/mol. The van der Waals surface area contributed by atoms with E-state index in [0.29, 0.717) is 24.1 Å². The van der Waals surface area contributed by atoms with Crippen LogP contribution in [0.2, 0.25) is 0 Å². The van der Waals surface area contributed by atoms with Crippen molar-refractivity contribution in [2.24, 2.45) is 0 Å². The summed E-state index contributed by atoms with van der Waals surface area (Å²) in [6.07, 6.45) is -0.0547. The molecule has 0 aliphatic heterocycles. The average Bonchev–Trinajstić information content (AvgIpc) is 2.27. The summed E-state index contributed by atoms with van der Waals surface area (Å²) in [4.78, 5) is 11.4. The van der Waals surface area contributed by atoms with Crippen molar-refractivity contribution in [3.05, 3.63) is 33.5 Å². The third-order valence-electron chi connectivity index (χ3n) is 2.46. The first-order valence-corrected chi connectivity index (χ1v) is 6.90. The van der Waals surface area contributed by atoms with E-state index in [1.54, 1.807) is 39.8 Å². The minimum absolute atomic E-state index is 0.236. The summed E-state index contributed by atoms with van der Waals surface area (Å²) in [6.45, 7) is 7.44. The van der Waals surface area contributed by atoms with Crippen LogP contribution in [0.5, 0.6) is 0 Å². The molecule has 19 heavy (non-hydrogen) atoms. The van der Waals surface area contributed by atoms with E-state index in [4.69, 9.17) is 4.74 Å². The SMILES string of the molecule is Cc1c(Br)ccc(CCNC(=O)OC(C)(C)C)c1F. The van der Waals surface area contributed by atoms with Gasteiger partial charge in [-0.15, -0.1) is 0 Å². The zero-order valence-corrected chi connectivity index (χ0v) is 13.2. The second kappa shape index (κ2) is 6.37. The van der Waals surface area contributed by atoms with Gasteiger partial charge in [0.05, 0.1) is 0 Å². The Morgan fingerprint density at radius 2 is 2.05 bits per heavy atom. The van der Waals surface area contributed by atoms with Crippen LogP contribution < -0.4 is 5.32 Å². The standard InChI is InChI=1S/C14H19BrFNO2/c1-9-11(15)6-5-10(12(9)16)7-8-17-13(18)19-14(2,3)4/h5-6H,7-8H2,1-4H3,(H,17,18). The molecule has 1 rings (SSSR count). The van der Waals surface area contributed by atoms with E-state index in [9.17, 15) is 9.18 Å². The number of carbonyl (C=O) groups is 1. The smallest absolute Gasteiger partial charge is 0.407 e. The molecule has 0 aliphatic rings. The van der Waals surface area contributed by atoms with Gasteiger partial charge < -0.3 is 10.1 Å². The lowest BCUT2D eigenvalue weighted by Crippen LogP contribution is -2.33. The largest absolute Gasteiger partial charge is 0.444 e. The van der Waals surface area contributed by atoms with Gasteiger partial charge in [-0.25, -0.2) is 9.18 Å². The molecule has 0 fully saturated rings. The Bertz CT molecular complexity index is 469. The lowest BCUT2D eigenvalue weighted by atomic mass is 10.1. The number of ether oxygens (including phenoxy) is 1. The van der Waals surface area contributed by atoms with Gasteiger partial charge in [0.15, 0.2) is 0 Å². The fourth-order valence-corrected chi connectivity index (χ4v) is 1.83. The van der Waals surface area contributed by atoms with Gasteiger partial charge in [-0.1, -0.05) is 22.0 Å². The molecule has 0 heterocycles. The number of alkyl carbamates (subject to hydrolysis) is 1. The summed E-state index contributed by atoms with van der Waals surface area (Å²) in [5.41, 5.74) is 0.635. The van der Waals surface area contributed by atoms with Crippen molar-refractivity contribution in [2.75, 3.05) is 6.54 Å². The van der Waals surface area contributed by atoms with Gasteiger partial charge in [-0.05, 0) is 51.3 Å². The highest BCUT2D eigenvalue weighted by molar-refractivity contribution is 9.10. The highest BCUT2D eigenvalue weighted by atomic mass is 79.9. The molecule has 0 radical (unpaired) electrons. The van der Waals surface area contributed by atoms with Gasteiger partial charge in [0, 0.05) is 11.0 Å². The highest BCUT2D eigenvalue weighted by Gasteiger charge is 2.16. The maximum absolute atomic E-state index is 13.9. The van der Waals surface area contributed by atoms with Crippen LogP contribution in [0.1, 0.15) is 31.9 Å². The van der Waals surface area contributed by atoms with Crippen molar-refractivity contribution in [1.82, 2.24) is 5.32 Å². The van der Waals surface area contributed by atoms with Crippen LogP contribution >= 0.6 is 15.9 Å². The number of benzene rings is 1. The zero-order chi connectivity index (χ0) is 14.6. The summed E-state index contributed by atoms with van der Waals surface area (Å²) in [6, 6.07) is 3.52. The minimum Gasteiger partial charge on any atom is -0.444 e. The van der Waals surface area contributed by atoms with Crippen LogP contribution in [0.25, 0.3) is 0 Å². The number of rotatable bonds is 3. The van der Waals surface area contributed by atoms with Gasteiger partial charge in [-0.2, -0.15) is 0 Å². The van der Waals surface area contributed by atoms with E-state index in [-0.39, 0.29) is 5.82 Å². The minimum atomic E-state index is -0.524. The molecule has 1 aromatic rings. The Labute approximate surface area is 121 Å². The van der Waals surface area contributed by atoms with Crippen LogP contribution in [-0.2, 0) is 11.2 Å². The third kappa shape index (κ3) is 5.19. The van der Waals surface area contributed by atoms with Gasteiger partial charge in [0.1, 0.15) is 11.4 Å². The Morgan fingerprint density at radius 1 is 1.42 bits per heavy atom. The Kier molecular flexibility index (Phi) is 5.35. The molecule has 0 aliphatic carbocycles. The van der Waals surface area contributed by atoms with Crippen LogP contribution in [0.4, 0.5) is 9.18 Å². The second-order valence-corrected chi connectivity index (χ2v) is 6.18. The molecule has 1 amide bonds. The van der Waals surface area contributed by atoms with E-state index in [2.05, 4.69) is 21.2 Å². The van der Waals surface area contributed by atoms with E-state index in [0.717, 1.165) is 4.47 Å². The van der Waals surface area contributed by atoms with Crippen molar-refractivity contribution < 1.29 is 13.9 Å². The van der Waals surface area contributed by atoms with Crippen molar-refractivity contribution in [1.29, 1.82) is 0 Å². The lowest BCUT2D eigenvalue weighted by molar-refractivity contribution is 0.0528. The molecule has 1 N–H and O–H groups in total. The Balaban J connectivity index is 2.50. The van der Waals surface area contributed by atoms with E-state index >= 15 is 0 Å². The molecule has 0 bridgehead atoms. The number of nitrogens with one attached hydrogen (secondary N) is 1. The number of hydrogen-bond acceptors (Lipinski definition) is 2. The molecule has 5 heteroatoms. The molecule has 0 spiro atoms. The number of carbonyl (C=O) groups excluding carboxylic acids is 1. The topological polar surface area (TPSA) is 38.3 Å². The molecule has 0 unspecified atom stereocenters. The lowest BCUT2D eigenvalue weighted by Gasteiger charge is -2.19. The molecule has 0 saturated carbocycles. The van der Waals surface area contributed by atoms with Crippen molar-refractivity contribution >= 4 is 22.0 Å². The van der Waals surface area contributed by atoms with Gasteiger partial charge in [0.2, 0.25) is 0 Å². The van der Waals surface area contributed by atoms with Gasteiger partial charge in [-0.3, -0.25) is 0 Å². The predicted octanol–water partition coefficient (Wildman–Crippen LogP) is 3.96. The molecular weight excluding hydrogens is 313 g/mol. The maximum atomic E-state index is 13.9. The van der Waals surface area contributed by atoms with Crippen LogP contribution in [0.15, 0.2) is 16.6 Å². The zero-order valence-electron chi connectivity index (χ0n) is 11.6. The van der Waals surface area contributed by atoms with Crippen molar-refractivity contribution in [3.8, 4) is 0 Å². The van der Waals surface area contributed by atoms with E-state index in [1.807, 2.05) is 0 Å². The average molecular weight is 332 g/mol. The molecule has 0 aromatic heterocycles. The maximum Gasteiger partial charge on any atom is 0.407 e. The first-order valence-electron chi connectivity index (χ1n) is 6.11. The van der Waals surface area contributed by atoms with Crippen LogP contribution in [-0.4, -0.2) is 18.2 Å². The number of hydrogen-bond donors (Lipinski definition) is 1. The first-order chi connectivity index (χ1) is 8.70. The Morgan fingerprint density at radius 3 is 2.63 bits per heavy atom. The third-order valence-corrected chi connectivity index (χ3v) is 3.32. The summed E-state index contributed by atoms with van der Waals surface area (Å²) < 4.78 is 19.7. The molecule has 1 aromatic carbocycles. The quantitative estimate of drug-likeness (QED) is 0.910. The van der Waals surface area contributed by atoms with E-state index < -0.39 is 11.7 Å². The fourth-order valence-electron chi connectivity index (χ4n) is 1.52. The first kappa shape index (κ1) is 16.0. The summed E-state index contributed by atoms with van der Waals surface area (Å²) in [5.74, 6) is -0.236. The van der Waals surface area contributed by atoms with Gasteiger partial charge in [0.25, 0.3) is 0 Å². The summed E-state index contributed by atoms with van der Waals surface area (Å²) >= 11 is 3.27. The summed E-state index contributed by atoms with van der Waals surface area (Å²) in [5, 5.41) is 2.61. The van der Waals surface area contributed by atoms with Crippen molar-refractivity contribution in [3.63, 3.8) is 0 Å². The van der Waals surface area contributed by atoms with E-state index in [1.165, 1.54) is 0 Å². The highest BCUT2D eigenvalue weighted by Crippen LogP contribution is 2.21. The Hall–Kier alpha value is -1.10. The second-order valence-electron chi connectivity index (χ2n) is 5.32. The normalized spacial score (nSPS) is 11.3. The fraction of sp³-hybridized carbons (Fsp3) is 0.500. The summed E-state index contributed by atoms with van der Waals surface area (Å²) in [7, 11) is 0. The van der Waals surface area contributed by atoms with Crippen LogP contribution in [0.3, 0.4) is 0 Å². The molecular formula is C14H19BrFNO2. The molecule has 106 valence electrons. The van der Waals surface area contributed by atoms with Gasteiger partial charge >= 0.3 is 6.09 Å². The van der Waals surface area contributed by atoms with Crippen molar-refractivity contribution in [2.45, 2.75) is 39.7 Å². The molecule has 3 nitrogen and oxygen atoms in total. The molecule has 0 atom stereocenters. The number of halogens is 2. The van der Waals surface area contributed by atoms with Crippen LogP contribution in [0, 0.1) is 12.7 Å².